The van der Waals surface area contributed by atoms with E-state index in [4.69, 9.17) is 19.9 Å². The molecule has 16 heavy (non-hydrogen) atoms. The Balaban J connectivity index is 1.84. The molecule has 0 radical (unpaired) electrons. The predicted octanol–water partition coefficient (Wildman–Crippen LogP) is 0.589. The van der Waals surface area contributed by atoms with E-state index in [9.17, 15) is 0 Å². The van der Waals surface area contributed by atoms with Gasteiger partial charge in [-0.2, -0.15) is 0 Å². The first-order chi connectivity index (χ1) is 7.55. The average molecular weight is 225 g/mol. The van der Waals surface area contributed by atoms with Crippen LogP contribution in [-0.4, -0.2) is 35.1 Å². The summed E-state index contributed by atoms with van der Waals surface area (Å²) < 4.78 is 16.4. The number of hydrogen-bond donors (Lipinski definition) is 1. The third kappa shape index (κ3) is 2.80. The van der Waals surface area contributed by atoms with E-state index in [-0.39, 0.29) is 6.10 Å². The van der Waals surface area contributed by atoms with E-state index >= 15 is 0 Å². The van der Waals surface area contributed by atoms with E-state index in [1.54, 1.807) is 6.07 Å². The van der Waals surface area contributed by atoms with Crippen molar-refractivity contribution in [2.75, 3.05) is 18.9 Å². The maximum atomic E-state index is 5.58. The fourth-order valence-electron chi connectivity index (χ4n) is 1.46. The highest BCUT2D eigenvalue weighted by Crippen LogP contribution is 2.22. The van der Waals surface area contributed by atoms with E-state index in [1.807, 2.05) is 13.8 Å². The smallest absolute Gasteiger partial charge is 0.218 e. The van der Waals surface area contributed by atoms with Crippen molar-refractivity contribution in [3.63, 3.8) is 0 Å². The Bertz CT molecular complexity index is 370. The first kappa shape index (κ1) is 11.1. The Hall–Kier alpha value is -1.40. The van der Waals surface area contributed by atoms with Crippen LogP contribution in [-0.2, 0) is 9.47 Å². The lowest BCUT2D eigenvalue weighted by molar-refractivity contribution is -0.141. The number of nitrogens with zero attached hydrogens (tertiary/aromatic N) is 2. The third-order valence-corrected chi connectivity index (χ3v) is 2.15. The summed E-state index contributed by atoms with van der Waals surface area (Å²) in [7, 11) is 0. The number of hydrogen-bond acceptors (Lipinski definition) is 6. The van der Waals surface area contributed by atoms with Crippen molar-refractivity contribution in [2.24, 2.45) is 0 Å². The Morgan fingerprint density at radius 2 is 2.38 bits per heavy atom. The topological polar surface area (TPSA) is 79.5 Å². The standard InChI is InChI=1S/C10H15N3O3/c1-10(2)15-5-7(16-10)4-14-9-3-8(11)12-6-13-9/h3,6-7H,4-5H2,1-2H3,(H2,11,12,13)/t7-/m1/s1. The highest BCUT2D eigenvalue weighted by Gasteiger charge is 2.32. The van der Waals surface area contributed by atoms with E-state index in [0.717, 1.165) is 0 Å². The second kappa shape index (κ2) is 4.23. The SMILES string of the molecule is CC1(C)OC[C@@H](COc2cc(N)ncn2)O1. The molecule has 1 aliphatic rings. The number of nitrogen functional groups attached to an aromatic ring is 1. The van der Waals surface area contributed by atoms with Gasteiger partial charge in [0.1, 0.15) is 24.9 Å². The summed E-state index contributed by atoms with van der Waals surface area (Å²) in [5, 5.41) is 0. The van der Waals surface area contributed by atoms with E-state index in [2.05, 4.69) is 9.97 Å². The van der Waals surface area contributed by atoms with Crippen molar-refractivity contribution in [3.8, 4) is 5.88 Å². The molecule has 6 heteroatoms. The first-order valence-corrected chi connectivity index (χ1v) is 5.07. The molecule has 0 saturated carbocycles. The summed E-state index contributed by atoms with van der Waals surface area (Å²) >= 11 is 0. The Morgan fingerprint density at radius 3 is 3.00 bits per heavy atom. The molecule has 0 aromatic carbocycles. The van der Waals surface area contributed by atoms with Gasteiger partial charge in [-0.3, -0.25) is 0 Å². The average Bonchev–Trinajstić information content (AvgIpc) is 2.56. The minimum Gasteiger partial charge on any atom is -0.475 e. The molecule has 0 spiro atoms. The molecule has 2 heterocycles. The second-order valence-electron chi connectivity index (χ2n) is 4.04. The summed E-state index contributed by atoms with van der Waals surface area (Å²) in [5.41, 5.74) is 5.50. The van der Waals surface area contributed by atoms with Gasteiger partial charge in [0.25, 0.3) is 0 Å². The molecule has 2 N–H and O–H groups in total. The molecule has 0 amide bonds. The van der Waals surface area contributed by atoms with Crippen molar-refractivity contribution in [2.45, 2.75) is 25.7 Å². The summed E-state index contributed by atoms with van der Waals surface area (Å²) in [4.78, 5) is 7.70. The van der Waals surface area contributed by atoms with Gasteiger partial charge in [-0.15, -0.1) is 0 Å². The molecule has 1 fully saturated rings. The molecular formula is C10H15N3O3. The van der Waals surface area contributed by atoms with Gasteiger partial charge >= 0.3 is 0 Å². The van der Waals surface area contributed by atoms with Crippen molar-refractivity contribution in [1.82, 2.24) is 9.97 Å². The zero-order valence-electron chi connectivity index (χ0n) is 9.34. The molecule has 1 saturated heterocycles. The normalized spacial score (nSPS) is 23.2. The zero-order chi connectivity index (χ0) is 11.6. The third-order valence-electron chi connectivity index (χ3n) is 2.15. The number of anilines is 1. The number of rotatable bonds is 3. The Labute approximate surface area is 93.7 Å². The van der Waals surface area contributed by atoms with Crippen LogP contribution in [0.15, 0.2) is 12.4 Å². The minimum absolute atomic E-state index is 0.0776. The molecular weight excluding hydrogens is 210 g/mol. The molecule has 2 rings (SSSR count). The Morgan fingerprint density at radius 1 is 1.56 bits per heavy atom. The van der Waals surface area contributed by atoms with Crippen LogP contribution in [0.2, 0.25) is 0 Å². The lowest BCUT2D eigenvalue weighted by atomic mass is 10.4. The van der Waals surface area contributed by atoms with E-state index in [0.29, 0.717) is 24.9 Å². The summed E-state index contributed by atoms with van der Waals surface area (Å²) in [6.07, 6.45) is 1.28. The van der Waals surface area contributed by atoms with Crippen LogP contribution in [0.4, 0.5) is 5.82 Å². The van der Waals surface area contributed by atoms with Crippen LogP contribution in [0.25, 0.3) is 0 Å². The van der Waals surface area contributed by atoms with Crippen LogP contribution in [0.5, 0.6) is 5.88 Å². The van der Waals surface area contributed by atoms with Gasteiger partial charge in [0.2, 0.25) is 5.88 Å². The molecule has 0 bridgehead atoms. The molecule has 1 aromatic rings. The van der Waals surface area contributed by atoms with Crippen molar-refractivity contribution >= 4 is 5.82 Å². The largest absolute Gasteiger partial charge is 0.475 e. The molecule has 88 valence electrons. The minimum atomic E-state index is -0.529. The Kier molecular flexibility index (Phi) is 2.93. The van der Waals surface area contributed by atoms with Crippen molar-refractivity contribution < 1.29 is 14.2 Å². The van der Waals surface area contributed by atoms with Crippen LogP contribution in [0.1, 0.15) is 13.8 Å². The summed E-state index contributed by atoms with van der Waals surface area (Å²) in [6.45, 7) is 4.65. The van der Waals surface area contributed by atoms with Crippen molar-refractivity contribution in [3.05, 3.63) is 12.4 Å². The maximum Gasteiger partial charge on any atom is 0.218 e. The second-order valence-corrected chi connectivity index (χ2v) is 4.04. The van der Waals surface area contributed by atoms with Gasteiger partial charge < -0.3 is 19.9 Å². The van der Waals surface area contributed by atoms with E-state index in [1.165, 1.54) is 6.33 Å². The zero-order valence-corrected chi connectivity index (χ0v) is 9.34. The summed E-state index contributed by atoms with van der Waals surface area (Å²) in [5.74, 6) is 0.299. The highest BCUT2D eigenvalue weighted by molar-refractivity contribution is 5.30. The van der Waals surface area contributed by atoms with Crippen molar-refractivity contribution in [1.29, 1.82) is 0 Å². The predicted molar refractivity (Wildman–Crippen MR) is 56.8 cm³/mol. The molecule has 1 atom stereocenters. The van der Waals surface area contributed by atoms with Crippen LogP contribution >= 0.6 is 0 Å². The molecule has 6 nitrogen and oxygen atoms in total. The lowest BCUT2D eigenvalue weighted by Crippen LogP contribution is -2.25. The first-order valence-electron chi connectivity index (χ1n) is 5.07. The van der Waals surface area contributed by atoms with E-state index < -0.39 is 5.79 Å². The van der Waals surface area contributed by atoms with Gasteiger partial charge in [0.05, 0.1) is 6.61 Å². The van der Waals surface area contributed by atoms with Crippen LogP contribution < -0.4 is 10.5 Å². The van der Waals surface area contributed by atoms with Gasteiger partial charge in [0.15, 0.2) is 5.79 Å². The van der Waals surface area contributed by atoms with Crippen LogP contribution in [0.3, 0.4) is 0 Å². The fourth-order valence-corrected chi connectivity index (χ4v) is 1.46. The van der Waals surface area contributed by atoms with Gasteiger partial charge in [-0.05, 0) is 13.8 Å². The lowest BCUT2D eigenvalue weighted by Gasteiger charge is -2.17. The van der Waals surface area contributed by atoms with Gasteiger partial charge in [0, 0.05) is 6.07 Å². The number of nitrogens with two attached hydrogens (primary N) is 1. The molecule has 1 aromatic heterocycles. The molecule has 1 aliphatic heterocycles. The van der Waals surface area contributed by atoms with Crippen LogP contribution in [0, 0.1) is 0 Å². The van der Waals surface area contributed by atoms with Gasteiger partial charge in [-0.1, -0.05) is 0 Å². The quantitative estimate of drug-likeness (QED) is 0.811. The monoisotopic (exact) mass is 225 g/mol. The maximum absolute atomic E-state index is 5.58. The summed E-state index contributed by atoms with van der Waals surface area (Å²) in [6, 6.07) is 1.57. The molecule has 0 aliphatic carbocycles. The number of aromatic nitrogens is 2. The number of ether oxygens (including phenoxy) is 3. The molecule has 0 unspecified atom stereocenters. The fraction of sp³-hybridized carbons (Fsp3) is 0.600. The van der Waals surface area contributed by atoms with Gasteiger partial charge in [-0.25, -0.2) is 9.97 Å². The highest BCUT2D eigenvalue weighted by atomic mass is 16.7.